The number of hydrogen-bond donors (Lipinski definition) is 1. The summed E-state index contributed by atoms with van der Waals surface area (Å²) >= 11 is 0. The van der Waals surface area contributed by atoms with Crippen molar-refractivity contribution in [2.75, 3.05) is 6.61 Å². The van der Waals surface area contributed by atoms with E-state index in [1.807, 2.05) is 32.0 Å². The monoisotopic (exact) mass is 325 g/mol. The lowest BCUT2D eigenvalue weighted by Gasteiger charge is -2.15. The highest BCUT2D eigenvalue weighted by molar-refractivity contribution is 5.75. The fourth-order valence-corrected chi connectivity index (χ4v) is 2.57. The van der Waals surface area contributed by atoms with E-state index in [1.54, 1.807) is 18.5 Å². The number of fused-ring (bicyclic) bond motifs is 1. The van der Waals surface area contributed by atoms with Gasteiger partial charge < -0.3 is 9.84 Å². The van der Waals surface area contributed by atoms with Crippen LogP contribution in [-0.4, -0.2) is 32.4 Å². The number of rotatable bonds is 5. The molecule has 3 aromatic rings. The van der Waals surface area contributed by atoms with Gasteiger partial charge in [-0.05, 0) is 31.5 Å². The topological polar surface area (TPSA) is 77.2 Å². The van der Waals surface area contributed by atoms with E-state index in [1.165, 1.54) is 10.9 Å². The first-order chi connectivity index (χ1) is 11.5. The Morgan fingerprint density at radius 1 is 1.29 bits per heavy atom. The van der Waals surface area contributed by atoms with Crippen molar-refractivity contribution in [1.29, 1.82) is 0 Å². The molecule has 1 unspecified atom stereocenters. The summed E-state index contributed by atoms with van der Waals surface area (Å²) in [5, 5.41) is 10.7. The van der Waals surface area contributed by atoms with Crippen molar-refractivity contribution in [3.8, 4) is 5.75 Å². The third kappa shape index (κ3) is 3.44. The van der Waals surface area contributed by atoms with E-state index in [0.717, 1.165) is 16.9 Å². The first-order valence-corrected chi connectivity index (χ1v) is 7.72. The van der Waals surface area contributed by atoms with Gasteiger partial charge in [0.05, 0.1) is 30.0 Å². The Bertz CT molecular complexity index is 921. The second-order valence-electron chi connectivity index (χ2n) is 5.83. The maximum atomic E-state index is 12.4. The lowest BCUT2D eigenvalue weighted by molar-refractivity contribution is 0.0911. The van der Waals surface area contributed by atoms with Gasteiger partial charge in [-0.2, -0.15) is 0 Å². The minimum absolute atomic E-state index is 0.102. The zero-order valence-electron chi connectivity index (χ0n) is 13.6. The summed E-state index contributed by atoms with van der Waals surface area (Å²) in [6.07, 6.45) is 3.70. The molecule has 0 saturated heterocycles. The molecule has 2 heterocycles. The smallest absolute Gasteiger partial charge is 0.261 e. The van der Waals surface area contributed by atoms with Gasteiger partial charge in [0, 0.05) is 6.20 Å². The van der Waals surface area contributed by atoms with E-state index < -0.39 is 6.10 Å². The van der Waals surface area contributed by atoms with Gasteiger partial charge in [0.25, 0.3) is 5.56 Å². The van der Waals surface area contributed by atoms with Crippen molar-refractivity contribution in [2.24, 2.45) is 0 Å². The van der Waals surface area contributed by atoms with Crippen molar-refractivity contribution >= 4 is 10.9 Å². The molecule has 2 aromatic heterocycles. The number of nitrogens with zero attached hydrogens (tertiary/aromatic N) is 3. The van der Waals surface area contributed by atoms with Crippen LogP contribution in [0.4, 0.5) is 0 Å². The van der Waals surface area contributed by atoms with Gasteiger partial charge in [-0.1, -0.05) is 17.7 Å². The van der Waals surface area contributed by atoms with Crippen molar-refractivity contribution < 1.29 is 9.84 Å². The minimum Gasteiger partial charge on any atom is -0.491 e. The molecule has 1 aromatic carbocycles. The third-order valence-electron chi connectivity index (χ3n) is 3.80. The molecule has 3 rings (SSSR count). The molecule has 24 heavy (non-hydrogen) atoms. The van der Waals surface area contributed by atoms with Crippen LogP contribution in [-0.2, 0) is 6.54 Å². The van der Waals surface area contributed by atoms with Crippen LogP contribution in [0.1, 0.15) is 11.1 Å². The highest BCUT2D eigenvalue weighted by atomic mass is 16.5. The Balaban J connectivity index is 1.70. The standard InChI is InChI=1S/C18H19N3O3/c1-12-3-4-17(13(2)7-12)24-10-14(22)9-21-11-20-16-8-19-6-5-15(16)18(21)23/h3-8,11,14,22H,9-10H2,1-2H3. The first kappa shape index (κ1) is 16.1. The Hall–Kier alpha value is -2.73. The second kappa shape index (κ2) is 6.80. The van der Waals surface area contributed by atoms with Crippen LogP contribution < -0.4 is 10.3 Å². The van der Waals surface area contributed by atoms with Crippen LogP contribution in [0, 0.1) is 13.8 Å². The molecule has 6 heteroatoms. The van der Waals surface area contributed by atoms with E-state index in [2.05, 4.69) is 9.97 Å². The minimum atomic E-state index is -0.815. The molecule has 0 aliphatic carbocycles. The maximum absolute atomic E-state index is 12.4. The van der Waals surface area contributed by atoms with Crippen LogP contribution >= 0.6 is 0 Å². The largest absolute Gasteiger partial charge is 0.491 e. The van der Waals surface area contributed by atoms with Crippen LogP contribution in [0.3, 0.4) is 0 Å². The first-order valence-electron chi connectivity index (χ1n) is 7.72. The zero-order valence-corrected chi connectivity index (χ0v) is 13.6. The quantitative estimate of drug-likeness (QED) is 0.774. The Labute approximate surface area is 139 Å². The summed E-state index contributed by atoms with van der Waals surface area (Å²) in [7, 11) is 0. The molecule has 1 atom stereocenters. The summed E-state index contributed by atoms with van der Waals surface area (Å²) in [6.45, 7) is 4.19. The SMILES string of the molecule is Cc1ccc(OCC(O)Cn2cnc3cnccc3c2=O)c(C)c1. The summed E-state index contributed by atoms with van der Waals surface area (Å²) in [4.78, 5) is 20.5. The van der Waals surface area contributed by atoms with Gasteiger partial charge in [0.2, 0.25) is 0 Å². The average Bonchev–Trinajstić information content (AvgIpc) is 2.57. The van der Waals surface area contributed by atoms with E-state index in [9.17, 15) is 9.90 Å². The number of benzene rings is 1. The molecular weight excluding hydrogens is 306 g/mol. The van der Waals surface area contributed by atoms with E-state index >= 15 is 0 Å². The summed E-state index contributed by atoms with van der Waals surface area (Å²) in [5.41, 5.74) is 2.51. The van der Waals surface area contributed by atoms with Crippen molar-refractivity contribution in [3.05, 3.63) is 64.5 Å². The molecule has 0 saturated carbocycles. The molecule has 0 radical (unpaired) electrons. The fraction of sp³-hybridized carbons (Fsp3) is 0.278. The number of aliphatic hydroxyl groups is 1. The van der Waals surface area contributed by atoms with Gasteiger partial charge in [-0.15, -0.1) is 0 Å². The lowest BCUT2D eigenvalue weighted by atomic mass is 10.1. The summed E-state index contributed by atoms with van der Waals surface area (Å²) in [6, 6.07) is 7.49. The second-order valence-corrected chi connectivity index (χ2v) is 5.83. The lowest BCUT2D eigenvalue weighted by Crippen LogP contribution is -2.30. The molecule has 1 N–H and O–H groups in total. The van der Waals surface area contributed by atoms with E-state index in [0.29, 0.717) is 10.9 Å². The number of ether oxygens (including phenoxy) is 1. The zero-order chi connectivity index (χ0) is 17.1. The molecular formula is C18H19N3O3. The predicted molar refractivity (Wildman–Crippen MR) is 91.2 cm³/mol. The van der Waals surface area contributed by atoms with Gasteiger partial charge in [-0.25, -0.2) is 4.98 Å². The van der Waals surface area contributed by atoms with Crippen LogP contribution in [0.2, 0.25) is 0 Å². The van der Waals surface area contributed by atoms with Crippen LogP contribution in [0.5, 0.6) is 5.75 Å². The van der Waals surface area contributed by atoms with E-state index in [-0.39, 0.29) is 18.7 Å². The highest BCUT2D eigenvalue weighted by Crippen LogP contribution is 2.18. The molecule has 124 valence electrons. The molecule has 0 bridgehead atoms. The molecule has 6 nitrogen and oxygen atoms in total. The molecule has 0 amide bonds. The molecule has 0 spiro atoms. The molecule has 0 aliphatic heterocycles. The summed E-state index contributed by atoms with van der Waals surface area (Å²) < 4.78 is 7.04. The van der Waals surface area contributed by atoms with Crippen molar-refractivity contribution in [1.82, 2.24) is 14.5 Å². The normalized spacial score (nSPS) is 12.3. The van der Waals surface area contributed by atoms with Crippen LogP contribution in [0.15, 0.2) is 47.8 Å². The number of aliphatic hydroxyl groups excluding tert-OH is 1. The average molecular weight is 325 g/mol. The highest BCUT2D eigenvalue weighted by Gasteiger charge is 2.11. The van der Waals surface area contributed by atoms with Crippen LogP contribution in [0.25, 0.3) is 10.9 Å². The van der Waals surface area contributed by atoms with Gasteiger partial charge in [0.15, 0.2) is 0 Å². The Morgan fingerprint density at radius 3 is 2.92 bits per heavy atom. The predicted octanol–water partition coefficient (Wildman–Crippen LogP) is 1.85. The van der Waals surface area contributed by atoms with Crippen molar-refractivity contribution in [2.45, 2.75) is 26.5 Å². The molecule has 0 fully saturated rings. The Kier molecular flexibility index (Phi) is 4.57. The maximum Gasteiger partial charge on any atom is 0.261 e. The number of aryl methyl sites for hydroxylation is 2. The molecule has 0 aliphatic rings. The van der Waals surface area contributed by atoms with Gasteiger partial charge in [0.1, 0.15) is 18.5 Å². The van der Waals surface area contributed by atoms with Crippen molar-refractivity contribution in [3.63, 3.8) is 0 Å². The van der Waals surface area contributed by atoms with Gasteiger partial charge in [-0.3, -0.25) is 14.3 Å². The van der Waals surface area contributed by atoms with E-state index in [4.69, 9.17) is 4.74 Å². The summed E-state index contributed by atoms with van der Waals surface area (Å²) in [5.74, 6) is 0.731. The fourth-order valence-electron chi connectivity index (χ4n) is 2.57. The number of hydrogen-bond acceptors (Lipinski definition) is 5. The van der Waals surface area contributed by atoms with Gasteiger partial charge >= 0.3 is 0 Å². The number of aromatic nitrogens is 3. The Morgan fingerprint density at radius 2 is 2.12 bits per heavy atom. The third-order valence-corrected chi connectivity index (χ3v) is 3.80. The number of pyridine rings is 1.